The van der Waals surface area contributed by atoms with E-state index in [2.05, 4.69) is 4.43 Å². The highest BCUT2D eigenvalue weighted by molar-refractivity contribution is 6.24. The highest BCUT2D eigenvalue weighted by atomic mass is 28.3. The number of rotatable bonds is 4. The van der Waals surface area contributed by atoms with Gasteiger partial charge in [0.1, 0.15) is 0 Å². The smallest absolute Gasteiger partial charge is 0.511 e. The minimum absolute atomic E-state index is 0.283. The predicted octanol–water partition coefficient (Wildman–Crippen LogP) is -1.24. The van der Waals surface area contributed by atoms with Crippen molar-refractivity contribution in [1.82, 2.24) is 0 Å². The summed E-state index contributed by atoms with van der Waals surface area (Å²) in [5.41, 5.74) is 5.06. The largest absolute Gasteiger partial charge is 0.764 e. The zero-order valence-electron chi connectivity index (χ0n) is 4.46. The standard InChI is InChI=1S/C3H9NO3Si/c4-2-1-3-7-8(5)6/h5H,1-4H2. The zero-order valence-corrected chi connectivity index (χ0v) is 5.46. The second-order valence-corrected chi connectivity index (χ2v) is 2.08. The van der Waals surface area contributed by atoms with Gasteiger partial charge in [-0.2, -0.15) is 0 Å². The van der Waals surface area contributed by atoms with Crippen LogP contribution in [0.2, 0.25) is 0 Å². The lowest BCUT2D eigenvalue weighted by Crippen LogP contribution is -2.10. The molecule has 0 amide bonds. The van der Waals surface area contributed by atoms with Gasteiger partial charge in [-0.25, -0.2) is 0 Å². The molecule has 0 aliphatic carbocycles. The molecule has 0 aliphatic rings. The molecule has 5 heteroatoms. The van der Waals surface area contributed by atoms with Gasteiger partial charge in [-0.3, -0.25) is 4.46 Å². The molecule has 0 aromatic rings. The Hall–Kier alpha value is -0.423. The Morgan fingerprint density at radius 3 is 2.75 bits per heavy atom. The molecule has 0 bridgehead atoms. The second-order valence-electron chi connectivity index (χ2n) is 1.26. The summed E-state index contributed by atoms with van der Waals surface area (Å²) in [6.45, 7) is 0.778. The molecule has 8 heavy (non-hydrogen) atoms. The third-order valence-corrected chi connectivity index (χ3v) is 1.03. The lowest BCUT2D eigenvalue weighted by molar-refractivity contribution is 0.223. The van der Waals surface area contributed by atoms with Crippen LogP contribution in [-0.2, 0) is 8.89 Å². The molecule has 0 aromatic heterocycles. The summed E-state index contributed by atoms with van der Waals surface area (Å²) in [5, 5.41) is 0. The van der Waals surface area contributed by atoms with Crippen LogP contribution in [0.3, 0.4) is 0 Å². The Morgan fingerprint density at radius 2 is 2.38 bits per heavy atom. The summed E-state index contributed by atoms with van der Waals surface area (Å²) < 4.78 is 14.1. The lowest BCUT2D eigenvalue weighted by Gasteiger charge is -1.94. The van der Waals surface area contributed by atoms with Crippen LogP contribution in [0, 0.1) is 0 Å². The Morgan fingerprint density at radius 1 is 1.75 bits per heavy atom. The number of nitrogens with two attached hydrogens (primary N) is 1. The van der Waals surface area contributed by atoms with E-state index in [-0.39, 0.29) is 6.61 Å². The summed E-state index contributed by atoms with van der Waals surface area (Å²) in [6, 6.07) is 0. The third kappa shape index (κ3) is 5.58. The van der Waals surface area contributed by atoms with Crippen LogP contribution in [0.4, 0.5) is 0 Å². The summed E-state index contributed by atoms with van der Waals surface area (Å²) in [4.78, 5) is 8.06. The molecular formula is C3H9NO3Si. The molecule has 0 spiro atoms. The molecule has 0 radical (unpaired) electrons. The summed E-state index contributed by atoms with van der Waals surface area (Å²) in [7, 11) is -2.71. The minimum Gasteiger partial charge on any atom is -0.511 e. The molecule has 3 N–H and O–H groups in total. The van der Waals surface area contributed by atoms with Gasteiger partial charge in [0.05, 0.1) is 6.61 Å². The molecule has 0 rings (SSSR count). The van der Waals surface area contributed by atoms with Crippen molar-refractivity contribution in [3.8, 4) is 0 Å². The Kier molecular flexibility index (Phi) is 4.48. The SMILES string of the molecule is NCCCO[Si](=O)O. The van der Waals surface area contributed by atoms with Crippen LogP contribution < -0.4 is 5.73 Å². The van der Waals surface area contributed by atoms with Gasteiger partial charge in [0.15, 0.2) is 0 Å². The van der Waals surface area contributed by atoms with Crippen LogP contribution in [0.25, 0.3) is 0 Å². The topological polar surface area (TPSA) is 72.5 Å². The molecule has 4 nitrogen and oxygen atoms in total. The monoisotopic (exact) mass is 135 g/mol. The van der Waals surface area contributed by atoms with Gasteiger partial charge in [0.2, 0.25) is 0 Å². The van der Waals surface area contributed by atoms with Crippen molar-refractivity contribution < 1.29 is 13.7 Å². The van der Waals surface area contributed by atoms with E-state index in [0.29, 0.717) is 13.0 Å². The van der Waals surface area contributed by atoms with E-state index in [4.69, 9.17) is 10.5 Å². The van der Waals surface area contributed by atoms with Gasteiger partial charge < -0.3 is 15.0 Å². The highest BCUT2D eigenvalue weighted by Gasteiger charge is 2.00. The van der Waals surface area contributed by atoms with Gasteiger partial charge in [0, 0.05) is 0 Å². The average molecular weight is 135 g/mol. The molecule has 0 heterocycles. The van der Waals surface area contributed by atoms with E-state index in [9.17, 15) is 4.46 Å². The fraction of sp³-hybridized carbons (Fsp3) is 1.00. The molecule has 0 aromatic carbocycles. The van der Waals surface area contributed by atoms with Crippen molar-refractivity contribution in [2.75, 3.05) is 13.2 Å². The fourth-order valence-corrected chi connectivity index (χ4v) is 0.562. The highest BCUT2D eigenvalue weighted by Crippen LogP contribution is 1.75. The Balaban J connectivity index is 2.82. The van der Waals surface area contributed by atoms with E-state index < -0.39 is 9.17 Å². The number of hydrogen-bond donors (Lipinski definition) is 2. The van der Waals surface area contributed by atoms with Gasteiger partial charge in [-0.05, 0) is 13.0 Å². The van der Waals surface area contributed by atoms with Gasteiger partial charge >= 0.3 is 9.17 Å². The van der Waals surface area contributed by atoms with E-state index in [1.807, 2.05) is 0 Å². The average Bonchev–Trinajstić information content (AvgIpc) is 1.66. The normalized spacial score (nSPS) is 8.62. The fourth-order valence-electron chi connectivity index (χ4n) is 0.243. The van der Waals surface area contributed by atoms with Crippen molar-refractivity contribution in [3.05, 3.63) is 0 Å². The second kappa shape index (κ2) is 4.73. The van der Waals surface area contributed by atoms with Crippen LogP contribution in [0.15, 0.2) is 0 Å². The Labute approximate surface area is 49.2 Å². The van der Waals surface area contributed by atoms with Crippen LogP contribution >= 0.6 is 0 Å². The molecule has 0 fully saturated rings. The third-order valence-electron chi connectivity index (χ3n) is 0.574. The quantitative estimate of drug-likeness (QED) is 0.373. The molecule has 0 aliphatic heterocycles. The van der Waals surface area contributed by atoms with E-state index in [1.54, 1.807) is 0 Å². The van der Waals surface area contributed by atoms with Gasteiger partial charge in [-0.15, -0.1) is 0 Å². The summed E-state index contributed by atoms with van der Waals surface area (Å²) >= 11 is 0. The molecule has 0 saturated heterocycles. The van der Waals surface area contributed by atoms with Gasteiger partial charge in [0.25, 0.3) is 0 Å². The maximum absolute atomic E-state index is 9.80. The molecule has 0 saturated carbocycles. The predicted molar refractivity (Wildman–Crippen MR) is 28.3 cm³/mol. The Bertz CT molecular complexity index is 76.9. The first-order valence-corrected chi connectivity index (χ1v) is 3.59. The van der Waals surface area contributed by atoms with E-state index in [0.717, 1.165) is 0 Å². The van der Waals surface area contributed by atoms with Crippen LogP contribution in [0.1, 0.15) is 6.42 Å². The maximum atomic E-state index is 9.80. The van der Waals surface area contributed by atoms with Crippen LogP contribution in [-0.4, -0.2) is 27.1 Å². The van der Waals surface area contributed by atoms with Crippen molar-refractivity contribution in [2.24, 2.45) is 5.73 Å². The van der Waals surface area contributed by atoms with Gasteiger partial charge in [-0.1, -0.05) is 0 Å². The molecule has 48 valence electrons. The minimum atomic E-state index is -2.71. The molecule has 0 atom stereocenters. The first-order valence-electron chi connectivity index (χ1n) is 2.33. The van der Waals surface area contributed by atoms with E-state index >= 15 is 0 Å². The lowest BCUT2D eigenvalue weighted by atomic mass is 10.5. The van der Waals surface area contributed by atoms with E-state index in [1.165, 1.54) is 0 Å². The van der Waals surface area contributed by atoms with Crippen LogP contribution in [0.5, 0.6) is 0 Å². The molecular weight excluding hydrogens is 126 g/mol. The maximum Gasteiger partial charge on any atom is 0.764 e. The zero-order chi connectivity index (χ0) is 6.41. The summed E-state index contributed by atoms with van der Waals surface area (Å²) in [6.07, 6.45) is 0.636. The van der Waals surface area contributed by atoms with Crippen molar-refractivity contribution in [1.29, 1.82) is 0 Å². The first kappa shape index (κ1) is 7.58. The summed E-state index contributed by atoms with van der Waals surface area (Å²) in [5.74, 6) is 0. The van der Waals surface area contributed by atoms with Crippen molar-refractivity contribution in [3.63, 3.8) is 0 Å². The number of hydrogen-bond acceptors (Lipinski definition) is 3. The van der Waals surface area contributed by atoms with Crippen molar-refractivity contribution in [2.45, 2.75) is 6.42 Å². The molecule has 0 unspecified atom stereocenters. The first-order chi connectivity index (χ1) is 3.77. The van der Waals surface area contributed by atoms with Crippen molar-refractivity contribution >= 4 is 9.17 Å².